The second-order valence-corrected chi connectivity index (χ2v) is 10.0. The van der Waals surface area contributed by atoms with Crippen molar-refractivity contribution in [3.63, 3.8) is 0 Å². The highest BCUT2D eigenvalue weighted by molar-refractivity contribution is 9.10. The molecular formula is C20H20BrF3N4O7S. The largest absolute Gasteiger partial charge is 0.508 e. The molecule has 2 heterocycles. The number of hydrogen-bond acceptors (Lipinski definition) is 9. The van der Waals surface area contributed by atoms with Crippen LogP contribution in [0.5, 0.6) is 0 Å². The predicted octanol–water partition coefficient (Wildman–Crippen LogP) is 4.71. The van der Waals surface area contributed by atoms with E-state index in [-0.39, 0.29) is 41.5 Å². The lowest BCUT2D eigenvalue weighted by Crippen LogP contribution is -2.38. The molecule has 2 aromatic rings. The molecule has 3 rings (SSSR count). The van der Waals surface area contributed by atoms with Crippen molar-refractivity contribution in [1.29, 1.82) is 0 Å². The number of nitrogens with one attached hydrogen (secondary N) is 1. The van der Waals surface area contributed by atoms with Gasteiger partial charge in [-0.2, -0.15) is 13.2 Å². The Bertz CT molecular complexity index is 1250. The quantitative estimate of drug-likeness (QED) is 0.273. The molecular weight excluding hydrogens is 577 g/mol. The Morgan fingerprint density at radius 2 is 1.94 bits per heavy atom. The first-order chi connectivity index (χ1) is 16.8. The molecule has 0 aliphatic carbocycles. The van der Waals surface area contributed by atoms with Gasteiger partial charge in [0.2, 0.25) is 5.82 Å². The predicted molar refractivity (Wildman–Crippen MR) is 124 cm³/mol. The molecule has 0 atom stereocenters. The highest BCUT2D eigenvalue weighted by Crippen LogP contribution is 2.35. The molecule has 0 amide bonds. The lowest BCUT2D eigenvalue weighted by Gasteiger charge is -2.32. The van der Waals surface area contributed by atoms with E-state index >= 15 is 0 Å². The van der Waals surface area contributed by atoms with Crippen molar-refractivity contribution in [3.8, 4) is 0 Å². The summed E-state index contributed by atoms with van der Waals surface area (Å²) in [4.78, 5) is 27.5. The molecule has 0 unspecified atom stereocenters. The number of aromatic nitrogens is 1. The Kier molecular flexibility index (Phi) is 8.28. The average molecular weight is 597 g/mol. The van der Waals surface area contributed by atoms with Crippen molar-refractivity contribution in [1.82, 2.24) is 4.98 Å². The van der Waals surface area contributed by atoms with Crippen LogP contribution in [0.2, 0.25) is 0 Å². The monoisotopic (exact) mass is 596 g/mol. The molecule has 1 aliphatic rings. The first kappa shape index (κ1) is 27.4. The number of nitro groups is 1. The molecule has 1 aromatic carbocycles. The fourth-order valence-electron chi connectivity index (χ4n) is 3.43. The molecule has 0 spiro atoms. The fourth-order valence-corrected chi connectivity index (χ4v) is 5.51. The van der Waals surface area contributed by atoms with Gasteiger partial charge in [-0.15, -0.1) is 0 Å². The number of anilines is 2. The van der Waals surface area contributed by atoms with E-state index < -0.39 is 43.8 Å². The molecule has 0 radical (unpaired) electrons. The highest BCUT2D eigenvalue weighted by atomic mass is 79.9. The molecule has 1 fully saturated rings. The van der Waals surface area contributed by atoms with E-state index in [0.29, 0.717) is 25.0 Å². The smallest absolute Gasteiger partial charge is 0.435 e. The lowest BCUT2D eigenvalue weighted by molar-refractivity contribution is -0.384. The van der Waals surface area contributed by atoms with Crippen LogP contribution in [-0.4, -0.2) is 50.3 Å². The number of carbonyl (C=O) groups is 1. The number of ether oxygens (including phenoxy) is 2. The van der Waals surface area contributed by atoms with Crippen LogP contribution >= 0.6 is 15.9 Å². The van der Waals surface area contributed by atoms with E-state index in [2.05, 4.69) is 25.6 Å². The van der Waals surface area contributed by atoms with E-state index in [9.17, 15) is 36.5 Å². The Morgan fingerprint density at radius 1 is 1.28 bits per heavy atom. The van der Waals surface area contributed by atoms with Crippen LogP contribution in [0.25, 0.3) is 0 Å². The third kappa shape index (κ3) is 6.54. The van der Waals surface area contributed by atoms with Gasteiger partial charge in [0, 0.05) is 36.5 Å². The number of nitrogens with zero attached hydrogens (tertiary/aromatic N) is 3. The standard InChI is InChI=1S/C20H20BrF3N4O7S/c1-2-34-19(29)35-13-7-9-27(10-8-13)18-15(28(30)31)4-6-17(25-18)26-36(32,33)16-5-3-12(11-14(16)21)20(22,23)24/h3-6,11,13H,2,7-10H2,1H3,(H,25,26). The maximum Gasteiger partial charge on any atom is 0.508 e. The molecule has 1 N–H and O–H groups in total. The summed E-state index contributed by atoms with van der Waals surface area (Å²) >= 11 is 2.85. The molecule has 0 bridgehead atoms. The van der Waals surface area contributed by atoms with Gasteiger partial charge in [-0.3, -0.25) is 14.8 Å². The summed E-state index contributed by atoms with van der Waals surface area (Å²) in [5.74, 6) is -0.381. The van der Waals surface area contributed by atoms with Gasteiger partial charge in [-0.05, 0) is 47.1 Å². The molecule has 16 heteroatoms. The summed E-state index contributed by atoms with van der Waals surface area (Å²) in [6.07, 6.45) is -5.29. The van der Waals surface area contributed by atoms with Crippen LogP contribution in [0.1, 0.15) is 25.3 Å². The summed E-state index contributed by atoms with van der Waals surface area (Å²) in [6, 6.07) is 4.19. The van der Waals surface area contributed by atoms with Crippen LogP contribution in [0.4, 0.5) is 35.3 Å². The van der Waals surface area contributed by atoms with E-state index in [0.717, 1.165) is 18.2 Å². The number of carbonyl (C=O) groups excluding carboxylic acids is 1. The van der Waals surface area contributed by atoms with Gasteiger partial charge in [-0.1, -0.05) is 0 Å². The van der Waals surface area contributed by atoms with E-state index in [1.807, 2.05) is 0 Å². The molecule has 1 aromatic heterocycles. The number of sulfonamides is 1. The van der Waals surface area contributed by atoms with Crippen LogP contribution in [0.3, 0.4) is 0 Å². The Balaban J connectivity index is 1.82. The van der Waals surface area contributed by atoms with Gasteiger partial charge >= 0.3 is 18.0 Å². The number of alkyl halides is 3. The summed E-state index contributed by atoms with van der Waals surface area (Å²) in [5, 5.41) is 11.5. The van der Waals surface area contributed by atoms with Crippen LogP contribution < -0.4 is 9.62 Å². The zero-order valence-electron chi connectivity index (χ0n) is 18.6. The number of piperidine rings is 1. The topological polar surface area (TPSA) is 141 Å². The van der Waals surface area contributed by atoms with Gasteiger partial charge in [-0.25, -0.2) is 18.2 Å². The number of benzene rings is 1. The Labute approximate surface area is 211 Å². The number of hydrogen-bond donors (Lipinski definition) is 1. The van der Waals surface area contributed by atoms with Gasteiger partial charge < -0.3 is 14.4 Å². The number of rotatable bonds is 7. The summed E-state index contributed by atoms with van der Waals surface area (Å²) in [6.45, 7) is 2.23. The van der Waals surface area contributed by atoms with Crippen molar-refractivity contribution < 1.29 is 40.8 Å². The lowest BCUT2D eigenvalue weighted by atomic mass is 10.1. The molecule has 11 nitrogen and oxygen atoms in total. The normalized spacial score (nSPS) is 14.9. The van der Waals surface area contributed by atoms with Gasteiger partial charge in [0.05, 0.1) is 17.1 Å². The number of pyridine rings is 1. The third-order valence-electron chi connectivity index (χ3n) is 5.11. The summed E-state index contributed by atoms with van der Waals surface area (Å²) in [5.41, 5.74) is -1.42. The average Bonchev–Trinajstić information content (AvgIpc) is 2.78. The SMILES string of the molecule is CCOC(=O)OC1CCN(c2nc(NS(=O)(=O)c3ccc(C(F)(F)F)cc3Br)ccc2[N+](=O)[O-])CC1. The fraction of sp³-hybridized carbons (Fsp3) is 0.400. The van der Waals surface area contributed by atoms with E-state index in [1.54, 1.807) is 11.8 Å². The minimum atomic E-state index is -4.66. The van der Waals surface area contributed by atoms with Gasteiger partial charge in [0.15, 0.2) is 0 Å². The minimum Gasteiger partial charge on any atom is -0.435 e. The van der Waals surface area contributed by atoms with Crippen molar-refractivity contribution >= 4 is 49.4 Å². The molecule has 1 saturated heterocycles. The molecule has 1 aliphatic heterocycles. The maximum absolute atomic E-state index is 12.9. The molecule has 196 valence electrons. The van der Waals surface area contributed by atoms with Crippen LogP contribution in [0, 0.1) is 10.1 Å². The van der Waals surface area contributed by atoms with Crippen molar-refractivity contribution in [2.75, 3.05) is 29.3 Å². The summed E-state index contributed by atoms with van der Waals surface area (Å²) < 4.78 is 76.1. The van der Waals surface area contributed by atoms with Crippen LogP contribution in [-0.2, 0) is 25.7 Å². The highest BCUT2D eigenvalue weighted by Gasteiger charge is 2.33. The van der Waals surface area contributed by atoms with Crippen LogP contribution in [0.15, 0.2) is 39.7 Å². The van der Waals surface area contributed by atoms with Crippen molar-refractivity contribution in [3.05, 3.63) is 50.5 Å². The Hall–Kier alpha value is -3.14. The second-order valence-electron chi connectivity index (χ2n) is 7.53. The van der Waals surface area contributed by atoms with Crippen molar-refractivity contribution in [2.24, 2.45) is 0 Å². The first-order valence-electron chi connectivity index (χ1n) is 10.4. The third-order valence-corrected chi connectivity index (χ3v) is 7.44. The second kappa shape index (κ2) is 10.9. The first-order valence-corrected chi connectivity index (χ1v) is 12.7. The molecule has 0 saturated carbocycles. The van der Waals surface area contributed by atoms with E-state index in [1.165, 1.54) is 0 Å². The van der Waals surface area contributed by atoms with Gasteiger partial charge in [0.25, 0.3) is 10.0 Å². The minimum absolute atomic E-state index is 0.110. The Morgan fingerprint density at radius 3 is 2.50 bits per heavy atom. The molecule has 36 heavy (non-hydrogen) atoms. The summed E-state index contributed by atoms with van der Waals surface area (Å²) in [7, 11) is -4.40. The van der Waals surface area contributed by atoms with Gasteiger partial charge in [0.1, 0.15) is 16.8 Å². The van der Waals surface area contributed by atoms with E-state index in [4.69, 9.17) is 9.47 Å². The zero-order valence-corrected chi connectivity index (χ0v) is 21.0. The van der Waals surface area contributed by atoms with Crippen molar-refractivity contribution in [2.45, 2.75) is 36.9 Å². The maximum atomic E-state index is 12.9. The zero-order chi connectivity index (χ0) is 26.7. The number of halogens is 4.